The van der Waals surface area contributed by atoms with E-state index < -0.39 is 0 Å². The van der Waals surface area contributed by atoms with Gasteiger partial charge < -0.3 is 15.0 Å². The van der Waals surface area contributed by atoms with Gasteiger partial charge in [-0.05, 0) is 55.0 Å². The molecule has 0 aliphatic carbocycles. The highest BCUT2D eigenvalue weighted by Gasteiger charge is 2.21. The van der Waals surface area contributed by atoms with Crippen molar-refractivity contribution in [3.63, 3.8) is 0 Å². The van der Waals surface area contributed by atoms with Crippen molar-refractivity contribution in [1.29, 1.82) is 0 Å². The van der Waals surface area contributed by atoms with Crippen LogP contribution in [0.5, 0.6) is 5.75 Å². The molecule has 1 fully saturated rings. The van der Waals surface area contributed by atoms with Crippen molar-refractivity contribution in [3.05, 3.63) is 59.7 Å². The number of hydrogen-bond donors (Lipinski definition) is 1. The first-order chi connectivity index (χ1) is 13.5. The Morgan fingerprint density at radius 2 is 1.79 bits per heavy atom. The van der Waals surface area contributed by atoms with E-state index in [-0.39, 0.29) is 18.4 Å². The predicted molar refractivity (Wildman–Crippen MR) is 111 cm³/mol. The first-order valence-electron chi connectivity index (χ1n) is 9.95. The van der Waals surface area contributed by atoms with Crippen molar-refractivity contribution >= 4 is 17.5 Å². The summed E-state index contributed by atoms with van der Waals surface area (Å²) < 4.78 is 5.64. The van der Waals surface area contributed by atoms with Crippen molar-refractivity contribution in [1.82, 2.24) is 4.90 Å². The molecule has 1 aliphatic heterocycles. The summed E-state index contributed by atoms with van der Waals surface area (Å²) in [7, 11) is 0. The van der Waals surface area contributed by atoms with Gasteiger partial charge >= 0.3 is 0 Å². The van der Waals surface area contributed by atoms with Crippen LogP contribution in [-0.4, -0.2) is 36.4 Å². The molecule has 2 aromatic rings. The maximum atomic E-state index is 12.8. The molecule has 1 aliphatic rings. The molecular formula is C23H28N2O3. The van der Waals surface area contributed by atoms with E-state index in [1.807, 2.05) is 41.3 Å². The second kappa shape index (κ2) is 9.40. The van der Waals surface area contributed by atoms with Gasteiger partial charge in [0.25, 0.3) is 11.8 Å². The molecule has 0 radical (unpaired) electrons. The van der Waals surface area contributed by atoms with Gasteiger partial charge in [-0.25, -0.2) is 0 Å². The number of hydrogen-bond acceptors (Lipinski definition) is 3. The molecule has 0 atom stereocenters. The standard InChI is InChI=1S/C23H28N2O3/c1-17(2)18-9-8-10-19(15-18)28-16-22(26)24-21-12-5-4-11-20(21)23(27)25-13-6-3-7-14-25/h4-5,8-12,15,17H,3,6-7,13-14,16H2,1-2H3,(H,24,26). The fraction of sp³-hybridized carbons (Fsp3) is 0.391. The summed E-state index contributed by atoms with van der Waals surface area (Å²) in [5, 5.41) is 2.83. The van der Waals surface area contributed by atoms with Crippen LogP contribution in [0, 0.1) is 0 Å². The number of benzene rings is 2. The highest BCUT2D eigenvalue weighted by atomic mass is 16.5. The van der Waals surface area contributed by atoms with E-state index in [9.17, 15) is 9.59 Å². The number of nitrogens with one attached hydrogen (secondary N) is 1. The quantitative estimate of drug-likeness (QED) is 0.805. The lowest BCUT2D eigenvalue weighted by atomic mass is 10.0. The average Bonchev–Trinajstić information content (AvgIpc) is 2.73. The molecule has 0 bridgehead atoms. The number of nitrogens with zero attached hydrogens (tertiary/aromatic N) is 1. The predicted octanol–water partition coefficient (Wildman–Crippen LogP) is 4.45. The molecule has 1 saturated heterocycles. The molecule has 2 amide bonds. The van der Waals surface area contributed by atoms with Gasteiger partial charge in [0, 0.05) is 13.1 Å². The van der Waals surface area contributed by atoms with Crippen molar-refractivity contribution in [2.24, 2.45) is 0 Å². The summed E-state index contributed by atoms with van der Waals surface area (Å²) in [6.07, 6.45) is 3.23. The lowest BCUT2D eigenvalue weighted by molar-refractivity contribution is -0.118. The van der Waals surface area contributed by atoms with Crippen molar-refractivity contribution in [3.8, 4) is 5.75 Å². The molecule has 28 heavy (non-hydrogen) atoms. The van der Waals surface area contributed by atoms with Crippen LogP contribution in [0.15, 0.2) is 48.5 Å². The Morgan fingerprint density at radius 1 is 1.04 bits per heavy atom. The Labute approximate surface area is 166 Å². The average molecular weight is 380 g/mol. The lowest BCUT2D eigenvalue weighted by Crippen LogP contribution is -2.36. The van der Waals surface area contributed by atoms with E-state index in [4.69, 9.17) is 4.74 Å². The van der Waals surface area contributed by atoms with Crippen LogP contribution in [0.25, 0.3) is 0 Å². The molecule has 3 rings (SSSR count). The third kappa shape index (κ3) is 5.12. The van der Waals surface area contributed by atoms with Crippen LogP contribution in [-0.2, 0) is 4.79 Å². The zero-order chi connectivity index (χ0) is 19.9. The summed E-state index contributed by atoms with van der Waals surface area (Å²) in [5.74, 6) is 0.749. The minimum absolute atomic E-state index is 0.0267. The van der Waals surface area contributed by atoms with Gasteiger partial charge in [0.15, 0.2) is 6.61 Å². The van der Waals surface area contributed by atoms with Gasteiger partial charge in [0.05, 0.1) is 11.3 Å². The molecule has 5 nitrogen and oxygen atoms in total. The Morgan fingerprint density at radius 3 is 2.54 bits per heavy atom. The molecule has 0 aromatic heterocycles. The number of likely N-dealkylation sites (tertiary alicyclic amines) is 1. The van der Waals surface area contributed by atoms with Gasteiger partial charge in [0.2, 0.25) is 0 Å². The SMILES string of the molecule is CC(C)c1cccc(OCC(=O)Nc2ccccc2C(=O)N2CCCCC2)c1. The van der Waals surface area contributed by atoms with Gasteiger partial charge in [-0.15, -0.1) is 0 Å². The number of carbonyl (C=O) groups is 2. The van der Waals surface area contributed by atoms with E-state index in [1.165, 1.54) is 0 Å². The summed E-state index contributed by atoms with van der Waals surface area (Å²) in [6.45, 7) is 5.67. The minimum Gasteiger partial charge on any atom is -0.484 e. The number of amides is 2. The van der Waals surface area contributed by atoms with Gasteiger partial charge in [-0.1, -0.05) is 38.1 Å². The summed E-state index contributed by atoms with van der Waals surface area (Å²) >= 11 is 0. The summed E-state index contributed by atoms with van der Waals surface area (Å²) in [4.78, 5) is 27.1. The molecule has 0 unspecified atom stereocenters. The van der Waals surface area contributed by atoms with Crippen LogP contribution in [0.4, 0.5) is 5.69 Å². The highest BCUT2D eigenvalue weighted by Crippen LogP contribution is 2.21. The number of piperidine rings is 1. The normalized spacial score (nSPS) is 14.0. The molecule has 1 heterocycles. The van der Waals surface area contributed by atoms with Gasteiger partial charge in [0.1, 0.15) is 5.75 Å². The minimum atomic E-state index is -0.283. The van der Waals surface area contributed by atoms with E-state index in [1.54, 1.807) is 12.1 Å². The van der Waals surface area contributed by atoms with Crippen molar-refractivity contribution in [2.75, 3.05) is 25.0 Å². The zero-order valence-corrected chi connectivity index (χ0v) is 16.6. The third-order valence-corrected chi connectivity index (χ3v) is 4.97. The van der Waals surface area contributed by atoms with E-state index in [0.29, 0.717) is 22.9 Å². The number of rotatable bonds is 6. The Hall–Kier alpha value is -2.82. The van der Waals surface area contributed by atoms with Crippen molar-refractivity contribution < 1.29 is 14.3 Å². The van der Waals surface area contributed by atoms with Crippen LogP contribution >= 0.6 is 0 Å². The summed E-state index contributed by atoms with van der Waals surface area (Å²) in [6, 6.07) is 14.9. The monoisotopic (exact) mass is 380 g/mol. The first-order valence-corrected chi connectivity index (χ1v) is 9.95. The van der Waals surface area contributed by atoms with Crippen LogP contribution in [0.2, 0.25) is 0 Å². The molecule has 1 N–H and O–H groups in total. The second-order valence-electron chi connectivity index (χ2n) is 7.46. The smallest absolute Gasteiger partial charge is 0.262 e. The number of para-hydroxylation sites is 1. The first kappa shape index (κ1) is 19.9. The fourth-order valence-electron chi connectivity index (χ4n) is 3.34. The highest BCUT2D eigenvalue weighted by molar-refractivity contribution is 6.04. The second-order valence-corrected chi connectivity index (χ2v) is 7.46. The lowest BCUT2D eigenvalue weighted by Gasteiger charge is -2.27. The van der Waals surface area contributed by atoms with Crippen molar-refractivity contribution in [2.45, 2.75) is 39.0 Å². The zero-order valence-electron chi connectivity index (χ0n) is 16.6. The maximum absolute atomic E-state index is 12.8. The van der Waals surface area contributed by atoms with E-state index >= 15 is 0 Å². The molecule has 0 spiro atoms. The van der Waals surface area contributed by atoms with E-state index in [0.717, 1.165) is 37.9 Å². The Kier molecular flexibility index (Phi) is 6.69. The number of ether oxygens (including phenoxy) is 1. The maximum Gasteiger partial charge on any atom is 0.262 e. The van der Waals surface area contributed by atoms with Gasteiger partial charge in [-0.2, -0.15) is 0 Å². The summed E-state index contributed by atoms with van der Waals surface area (Å²) in [5.41, 5.74) is 2.22. The van der Waals surface area contributed by atoms with Crippen LogP contribution in [0.1, 0.15) is 54.9 Å². The topological polar surface area (TPSA) is 58.6 Å². The van der Waals surface area contributed by atoms with E-state index in [2.05, 4.69) is 19.2 Å². The fourth-order valence-corrected chi connectivity index (χ4v) is 3.34. The number of carbonyl (C=O) groups excluding carboxylic acids is 2. The van der Waals surface area contributed by atoms with Crippen LogP contribution in [0.3, 0.4) is 0 Å². The molecule has 5 heteroatoms. The van der Waals surface area contributed by atoms with Gasteiger partial charge in [-0.3, -0.25) is 9.59 Å². The third-order valence-electron chi connectivity index (χ3n) is 4.97. The largest absolute Gasteiger partial charge is 0.484 e. The Balaban J connectivity index is 1.63. The molecular weight excluding hydrogens is 352 g/mol. The Bertz CT molecular complexity index is 826. The number of anilines is 1. The van der Waals surface area contributed by atoms with Crippen LogP contribution < -0.4 is 10.1 Å². The molecule has 148 valence electrons. The molecule has 2 aromatic carbocycles. The molecule has 0 saturated carbocycles.